The number of hydrogen-bond acceptors (Lipinski definition) is 4. The molecule has 1 heterocycles. The summed E-state index contributed by atoms with van der Waals surface area (Å²) in [7, 11) is -4.32. The summed E-state index contributed by atoms with van der Waals surface area (Å²) in [4.78, 5) is 0. The Balaban J connectivity index is 2.22. The van der Waals surface area contributed by atoms with E-state index in [-0.39, 0.29) is 12.5 Å². The Morgan fingerprint density at radius 2 is 2.33 bits per heavy atom. The second-order valence-electron chi connectivity index (χ2n) is 2.76. The van der Waals surface area contributed by atoms with Gasteiger partial charge in [-0.1, -0.05) is 0 Å². The monoisotopic (exact) mass is 197 g/mol. The molecule has 1 atom stereocenters. The first kappa shape index (κ1) is 9.88. The summed E-state index contributed by atoms with van der Waals surface area (Å²) in [5, 5.41) is 3.04. The largest absolute Gasteiger partial charge is 0.379 e. The first-order valence-corrected chi connectivity index (χ1v) is 5.37. The van der Waals surface area contributed by atoms with Crippen LogP contribution >= 0.6 is 0 Å². The van der Waals surface area contributed by atoms with Gasteiger partial charge in [0.2, 0.25) is 0 Å². The Kier molecular flexibility index (Phi) is 3.42. The van der Waals surface area contributed by atoms with Crippen LogP contribution in [0, 0.1) is 0 Å². The summed E-state index contributed by atoms with van der Waals surface area (Å²) >= 11 is 0. The number of hydrogen-bond donors (Lipinski definition) is 1. The molecule has 1 rings (SSSR count). The SMILES string of the molecule is O=S(=O)(F)CCC1COCCN1. The molecule has 1 saturated heterocycles. The van der Waals surface area contributed by atoms with Crippen LogP contribution in [0.25, 0.3) is 0 Å². The maximum atomic E-state index is 12.0. The van der Waals surface area contributed by atoms with Gasteiger partial charge in [-0.15, -0.1) is 3.89 Å². The maximum Gasteiger partial charge on any atom is 0.302 e. The molecular formula is C6H12FNO3S. The molecule has 1 aliphatic rings. The summed E-state index contributed by atoms with van der Waals surface area (Å²) < 4.78 is 37.4. The zero-order chi connectivity index (χ0) is 9.03. The first-order chi connectivity index (χ1) is 5.58. The van der Waals surface area contributed by atoms with Crippen LogP contribution in [-0.2, 0) is 15.0 Å². The van der Waals surface area contributed by atoms with Crippen molar-refractivity contribution < 1.29 is 17.0 Å². The van der Waals surface area contributed by atoms with Crippen LogP contribution < -0.4 is 5.32 Å². The molecule has 0 spiro atoms. The van der Waals surface area contributed by atoms with Gasteiger partial charge in [0.1, 0.15) is 0 Å². The number of morpholine rings is 1. The number of nitrogens with one attached hydrogen (secondary N) is 1. The zero-order valence-electron chi connectivity index (χ0n) is 6.62. The van der Waals surface area contributed by atoms with Gasteiger partial charge in [0, 0.05) is 12.6 Å². The summed E-state index contributed by atoms with van der Waals surface area (Å²) in [5.74, 6) is -0.423. The van der Waals surface area contributed by atoms with E-state index in [0.717, 1.165) is 0 Å². The highest BCUT2D eigenvalue weighted by Gasteiger charge is 2.16. The second-order valence-corrected chi connectivity index (χ2v) is 4.24. The van der Waals surface area contributed by atoms with E-state index in [0.29, 0.717) is 19.8 Å². The molecule has 6 heteroatoms. The summed E-state index contributed by atoms with van der Waals surface area (Å²) in [6.45, 7) is 1.81. The van der Waals surface area contributed by atoms with Crippen LogP contribution in [0.5, 0.6) is 0 Å². The van der Waals surface area contributed by atoms with Gasteiger partial charge in [-0.25, -0.2) is 0 Å². The Labute approximate surface area is 71.3 Å². The molecule has 1 fully saturated rings. The molecule has 0 aromatic heterocycles. The van der Waals surface area contributed by atoms with Gasteiger partial charge in [-0.2, -0.15) is 8.42 Å². The van der Waals surface area contributed by atoms with Gasteiger partial charge in [-0.3, -0.25) is 0 Å². The van der Waals surface area contributed by atoms with Gasteiger partial charge in [-0.05, 0) is 6.42 Å². The third-order valence-corrected chi connectivity index (χ3v) is 2.43. The van der Waals surface area contributed by atoms with Gasteiger partial charge in [0.25, 0.3) is 0 Å². The molecule has 12 heavy (non-hydrogen) atoms. The van der Waals surface area contributed by atoms with Crippen LogP contribution in [0.2, 0.25) is 0 Å². The Bertz CT molecular complexity index is 223. The minimum Gasteiger partial charge on any atom is -0.379 e. The van der Waals surface area contributed by atoms with E-state index in [1.165, 1.54) is 0 Å². The van der Waals surface area contributed by atoms with Crippen LogP contribution in [0.15, 0.2) is 0 Å². The van der Waals surface area contributed by atoms with Gasteiger partial charge in [0.05, 0.1) is 19.0 Å². The van der Waals surface area contributed by atoms with Crippen molar-refractivity contribution in [3.8, 4) is 0 Å². The topological polar surface area (TPSA) is 55.4 Å². The van der Waals surface area contributed by atoms with Crippen molar-refractivity contribution in [3.05, 3.63) is 0 Å². The normalized spacial score (nSPS) is 25.6. The fourth-order valence-corrected chi connectivity index (χ4v) is 1.65. The summed E-state index contributed by atoms with van der Waals surface area (Å²) in [6.07, 6.45) is 0.277. The van der Waals surface area contributed by atoms with Crippen molar-refractivity contribution >= 4 is 10.2 Å². The summed E-state index contributed by atoms with van der Waals surface area (Å²) in [5.41, 5.74) is 0. The number of halogens is 1. The van der Waals surface area contributed by atoms with Crippen molar-refractivity contribution in [3.63, 3.8) is 0 Å². The van der Waals surface area contributed by atoms with Crippen LogP contribution in [0.3, 0.4) is 0 Å². The van der Waals surface area contributed by atoms with Crippen molar-refractivity contribution in [1.82, 2.24) is 5.32 Å². The Hall–Kier alpha value is -0.200. The van der Waals surface area contributed by atoms with Crippen LogP contribution in [-0.4, -0.2) is 40.0 Å². The molecule has 0 aliphatic carbocycles. The highest BCUT2D eigenvalue weighted by Crippen LogP contribution is 2.02. The molecule has 0 aromatic carbocycles. The Morgan fingerprint density at radius 3 is 2.83 bits per heavy atom. The maximum absolute atomic E-state index is 12.0. The van der Waals surface area contributed by atoms with E-state index < -0.39 is 16.0 Å². The molecule has 72 valence electrons. The molecular weight excluding hydrogens is 185 g/mol. The highest BCUT2D eigenvalue weighted by molar-refractivity contribution is 7.86. The van der Waals surface area contributed by atoms with Crippen molar-refractivity contribution in [2.45, 2.75) is 12.5 Å². The minimum absolute atomic E-state index is 0.0238. The van der Waals surface area contributed by atoms with Crippen molar-refractivity contribution in [1.29, 1.82) is 0 Å². The lowest BCUT2D eigenvalue weighted by Gasteiger charge is -2.22. The predicted octanol–water partition coefficient (Wildman–Crippen LogP) is -0.336. The molecule has 0 bridgehead atoms. The van der Waals surface area contributed by atoms with E-state index in [1.54, 1.807) is 0 Å². The van der Waals surface area contributed by atoms with Crippen molar-refractivity contribution in [2.24, 2.45) is 0 Å². The average molecular weight is 197 g/mol. The third kappa shape index (κ3) is 3.99. The van der Waals surface area contributed by atoms with Crippen molar-refractivity contribution in [2.75, 3.05) is 25.5 Å². The molecule has 0 saturated carbocycles. The molecule has 1 unspecified atom stereocenters. The summed E-state index contributed by atoms with van der Waals surface area (Å²) in [6, 6.07) is -0.0238. The van der Waals surface area contributed by atoms with Gasteiger partial charge in [0.15, 0.2) is 0 Å². The fraction of sp³-hybridized carbons (Fsp3) is 1.00. The fourth-order valence-electron chi connectivity index (χ4n) is 1.09. The standard InChI is InChI=1S/C6H12FNO3S/c7-12(9,10)4-1-6-5-11-3-2-8-6/h6,8H,1-5H2. The predicted molar refractivity (Wildman–Crippen MR) is 42.1 cm³/mol. The van der Waals surface area contributed by atoms with E-state index >= 15 is 0 Å². The lowest BCUT2D eigenvalue weighted by Crippen LogP contribution is -2.41. The minimum atomic E-state index is -4.32. The second kappa shape index (κ2) is 4.15. The Morgan fingerprint density at radius 1 is 1.58 bits per heavy atom. The lowest BCUT2D eigenvalue weighted by molar-refractivity contribution is 0.0759. The van der Waals surface area contributed by atoms with E-state index in [4.69, 9.17) is 4.74 Å². The highest BCUT2D eigenvalue weighted by atomic mass is 32.3. The molecule has 1 N–H and O–H groups in total. The quantitative estimate of drug-likeness (QED) is 0.629. The van der Waals surface area contributed by atoms with Crippen LogP contribution in [0.4, 0.5) is 3.89 Å². The van der Waals surface area contributed by atoms with Crippen LogP contribution in [0.1, 0.15) is 6.42 Å². The first-order valence-electron chi connectivity index (χ1n) is 3.81. The zero-order valence-corrected chi connectivity index (χ0v) is 7.44. The number of ether oxygens (including phenoxy) is 1. The van der Waals surface area contributed by atoms with Gasteiger partial charge < -0.3 is 10.1 Å². The average Bonchev–Trinajstić information content (AvgIpc) is 2.02. The molecule has 0 amide bonds. The third-order valence-electron chi connectivity index (χ3n) is 1.71. The molecule has 0 aromatic rings. The van der Waals surface area contributed by atoms with E-state index in [1.807, 2.05) is 0 Å². The molecule has 4 nitrogen and oxygen atoms in total. The van der Waals surface area contributed by atoms with E-state index in [2.05, 4.69) is 5.32 Å². The smallest absolute Gasteiger partial charge is 0.302 e. The van der Waals surface area contributed by atoms with Gasteiger partial charge >= 0.3 is 10.2 Å². The molecule has 1 aliphatic heterocycles. The lowest BCUT2D eigenvalue weighted by atomic mass is 10.2. The van der Waals surface area contributed by atoms with E-state index in [9.17, 15) is 12.3 Å². The molecule has 0 radical (unpaired) electrons. The number of rotatable bonds is 3.